The maximum atomic E-state index is 12.8. The highest BCUT2D eigenvalue weighted by Gasteiger charge is 2.27. The van der Waals surface area contributed by atoms with Crippen LogP contribution in [-0.2, 0) is 17.6 Å². The van der Waals surface area contributed by atoms with Crippen LogP contribution in [0.1, 0.15) is 24.6 Å². The molecule has 1 aliphatic carbocycles. The van der Waals surface area contributed by atoms with E-state index in [4.69, 9.17) is 4.74 Å². The normalized spacial score (nSPS) is 16.4. The molecule has 0 radical (unpaired) electrons. The minimum atomic E-state index is -0.0126. The molecule has 1 aliphatic rings. The Labute approximate surface area is 147 Å². The molecule has 0 bridgehead atoms. The van der Waals surface area contributed by atoms with Gasteiger partial charge in [-0.1, -0.05) is 30.3 Å². The van der Waals surface area contributed by atoms with Gasteiger partial charge in [-0.3, -0.25) is 4.79 Å². The Bertz CT molecular complexity index is 913. The van der Waals surface area contributed by atoms with Crippen LogP contribution in [0.4, 0.5) is 5.69 Å². The van der Waals surface area contributed by atoms with Crippen molar-refractivity contribution in [2.24, 2.45) is 5.92 Å². The number of amides is 1. The van der Waals surface area contributed by atoms with E-state index in [0.29, 0.717) is 6.61 Å². The highest BCUT2D eigenvalue weighted by atomic mass is 16.5. The molecule has 1 aromatic heterocycles. The first kappa shape index (κ1) is 15.8. The van der Waals surface area contributed by atoms with Gasteiger partial charge in [0.1, 0.15) is 5.75 Å². The zero-order valence-electron chi connectivity index (χ0n) is 14.3. The Morgan fingerprint density at radius 3 is 2.88 bits per heavy atom. The van der Waals surface area contributed by atoms with Crippen molar-refractivity contribution in [2.45, 2.75) is 26.2 Å². The number of nitrogens with one attached hydrogen (secondary N) is 2. The van der Waals surface area contributed by atoms with Gasteiger partial charge in [0.15, 0.2) is 0 Å². The number of hydrogen-bond acceptors (Lipinski definition) is 2. The monoisotopic (exact) mass is 334 g/mol. The second kappa shape index (κ2) is 6.63. The van der Waals surface area contributed by atoms with Gasteiger partial charge in [0, 0.05) is 22.5 Å². The van der Waals surface area contributed by atoms with Crippen molar-refractivity contribution in [1.29, 1.82) is 0 Å². The predicted molar refractivity (Wildman–Crippen MR) is 100 cm³/mol. The van der Waals surface area contributed by atoms with Crippen molar-refractivity contribution >= 4 is 22.5 Å². The molecule has 2 N–H and O–H groups in total. The van der Waals surface area contributed by atoms with Crippen LogP contribution < -0.4 is 10.1 Å². The van der Waals surface area contributed by atoms with E-state index in [9.17, 15) is 4.79 Å². The summed E-state index contributed by atoms with van der Waals surface area (Å²) < 4.78 is 5.61. The van der Waals surface area contributed by atoms with Crippen LogP contribution in [0, 0.1) is 5.92 Å². The quantitative estimate of drug-likeness (QED) is 0.747. The number of fused-ring (bicyclic) bond motifs is 3. The lowest BCUT2D eigenvalue weighted by Gasteiger charge is -2.22. The SMILES string of the molecule is CCOc1ccccc1NC(=O)C1CCc2[nH]c3ccccc3c2C1. The number of aryl methyl sites for hydroxylation is 1. The first-order chi connectivity index (χ1) is 12.3. The van der Waals surface area contributed by atoms with E-state index in [1.807, 2.05) is 37.3 Å². The van der Waals surface area contributed by atoms with Crippen LogP contribution in [-0.4, -0.2) is 17.5 Å². The molecule has 1 unspecified atom stereocenters. The fraction of sp³-hybridized carbons (Fsp3) is 0.286. The molecule has 0 spiro atoms. The summed E-state index contributed by atoms with van der Waals surface area (Å²) in [7, 11) is 0. The summed E-state index contributed by atoms with van der Waals surface area (Å²) in [6.45, 7) is 2.52. The topological polar surface area (TPSA) is 54.1 Å². The van der Waals surface area contributed by atoms with Crippen molar-refractivity contribution in [3.05, 3.63) is 59.8 Å². The van der Waals surface area contributed by atoms with E-state index in [2.05, 4.69) is 28.5 Å². The number of anilines is 1. The maximum absolute atomic E-state index is 12.8. The number of aromatic nitrogens is 1. The Hall–Kier alpha value is -2.75. The number of rotatable bonds is 4. The molecule has 0 aliphatic heterocycles. The fourth-order valence-electron chi connectivity index (χ4n) is 3.68. The molecular weight excluding hydrogens is 312 g/mol. The van der Waals surface area contributed by atoms with E-state index >= 15 is 0 Å². The second-order valence-corrected chi connectivity index (χ2v) is 6.49. The van der Waals surface area contributed by atoms with Crippen LogP contribution in [0.25, 0.3) is 10.9 Å². The summed E-state index contributed by atoms with van der Waals surface area (Å²) in [5.41, 5.74) is 4.48. The molecule has 3 aromatic rings. The third-order valence-corrected chi connectivity index (χ3v) is 4.91. The summed E-state index contributed by atoms with van der Waals surface area (Å²) in [5, 5.41) is 4.30. The van der Waals surface area contributed by atoms with E-state index < -0.39 is 0 Å². The summed E-state index contributed by atoms with van der Waals surface area (Å²) in [6, 6.07) is 15.9. The molecule has 1 atom stereocenters. The molecule has 0 fully saturated rings. The minimum absolute atomic E-state index is 0.0126. The van der Waals surface area contributed by atoms with Crippen molar-refractivity contribution in [2.75, 3.05) is 11.9 Å². The van der Waals surface area contributed by atoms with E-state index in [-0.39, 0.29) is 11.8 Å². The largest absolute Gasteiger partial charge is 0.492 e. The lowest BCUT2D eigenvalue weighted by molar-refractivity contribution is -0.120. The first-order valence-electron chi connectivity index (χ1n) is 8.87. The highest BCUT2D eigenvalue weighted by molar-refractivity contribution is 5.95. The number of benzene rings is 2. The van der Waals surface area contributed by atoms with Crippen molar-refractivity contribution in [3.8, 4) is 5.75 Å². The molecule has 1 heterocycles. The van der Waals surface area contributed by atoms with Gasteiger partial charge in [-0.05, 0) is 49.9 Å². The Morgan fingerprint density at radius 1 is 1.20 bits per heavy atom. The Balaban J connectivity index is 1.54. The van der Waals surface area contributed by atoms with Gasteiger partial charge in [-0.2, -0.15) is 0 Å². The number of aromatic amines is 1. The van der Waals surface area contributed by atoms with Crippen LogP contribution >= 0.6 is 0 Å². The van der Waals surface area contributed by atoms with Crippen LogP contribution in [0.15, 0.2) is 48.5 Å². The lowest BCUT2D eigenvalue weighted by atomic mass is 9.86. The summed E-state index contributed by atoms with van der Waals surface area (Å²) in [6.07, 6.45) is 2.56. The first-order valence-corrected chi connectivity index (χ1v) is 8.87. The van der Waals surface area contributed by atoms with Crippen molar-refractivity contribution in [1.82, 2.24) is 4.98 Å². The Kier molecular flexibility index (Phi) is 4.18. The number of ether oxygens (including phenoxy) is 1. The fourth-order valence-corrected chi connectivity index (χ4v) is 3.68. The minimum Gasteiger partial charge on any atom is -0.492 e. The van der Waals surface area contributed by atoms with Gasteiger partial charge < -0.3 is 15.0 Å². The molecule has 1 amide bonds. The van der Waals surface area contributed by atoms with Gasteiger partial charge in [-0.25, -0.2) is 0 Å². The number of hydrogen-bond donors (Lipinski definition) is 2. The molecule has 128 valence electrons. The van der Waals surface area contributed by atoms with E-state index in [0.717, 1.165) is 36.2 Å². The molecule has 4 rings (SSSR count). The lowest BCUT2D eigenvalue weighted by Crippen LogP contribution is -2.28. The van der Waals surface area contributed by atoms with Crippen LogP contribution in [0.2, 0.25) is 0 Å². The van der Waals surface area contributed by atoms with Gasteiger partial charge in [0.05, 0.1) is 12.3 Å². The molecule has 0 saturated carbocycles. The third-order valence-electron chi connectivity index (χ3n) is 4.91. The average Bonchev–Trinajstić information content (AvgIpc) is 3.01. The van der Waals surface area contributed by atoms with Crippen LogP contribution in [0.5, 0.6) is 5.75 Å². The van der Waals surface area contributed by atoms with E-state index in [1.165, 1.54) is 16.6 Å². The van der Waals surface area contributed by atoms with Crippen molar-refractivity contribution < 1.29 is 9.53 Å². The Morgan fingerprint density at radius 2 is 2.00 bits per heavy atom. The van der Waals surface area contributed by atoms with E-state index in [1.54, 1.807) is 0 Å². The third kappa shape index (κ3) is 3.00. The molecular formula is C21H22N2O2. The molecule has 4 nitrogen and oxygen atoms in total. The smallest absolute Gasteiger partial charge is 0.227 e. The van der Waals surface area contributed by atoms with Gasteiger partial charge in [0.25, 0.3) is 0 Å². The summed E-state index contributed by atoms with van der Waals surface area (Å²) in [5.74, 6) is 0.784. The average molecular weight is 334 g/mol. The number of para-hydroxylation sites is 3. The standard InChI is InChI=1S/C21H22N2O2/c1-2-25-20-10-6-5-9-19(20)23-21(24)14-11-12-18-16(13-14)15-7-3-4-8-17(15)22-18/h3-10,14,22H,2,11-13H2,1H3,(H,23,24). The predicted octanol–water partition coefficient (Wildman–Crippen LogP) is 4.31. The molecule has 25 heavy (non-hydrogen) atoms. The number of carbonyl (C=O) groups is 1. The maximum Gasteiger partial charge on any atom is 0.227 e. The molecule has 2 aromatic carbocycles. The zero-order valence-corrected chi connectivity index (χ0v) is 14.3. The molecule has 4 heteroatoms. The highest BCUT2D eigenvalue weighted by Crippen LogP contribution is 2.33. The van der Waals surface area contributed by atoms with Gasteiger partial charge in [-0.15, -0.1) is 0 Å². The summed E-state index contributed by atoms with van der Waals surface area (Å²) >= 11 is 0. The second-order valence-electron chi connectivity index (χ2n) is 6.49. The van der Waals surface area contributed by atoms with Gasteiger partial charge in [0.2, 0.25) is 5.91 Å². The van der Waals surface area contributed by atoms with Crippen LogP contribution in [0.3, 0.4) is 0 Å². The van der Waals surface area contributed by atoms with Crippen molar-refractivity contribution in [3.63, 3.8) is 0 Å². The van der Waals surface area contributed by atoms with Gasteiger partial charge >= 0.3 is 0 Å². The molecule has 0 saturated heterocycles. The number of carbonyl (C=O) groups excluding carboxylic acids is 1. The summed E-state index contributed by atoms with van der Waals surface area (Å²) in [4.78, 5) is 16.3. The zero-order chi connectivity index (χ0) is 17.2. The number of H-pyrrole nitrogens is 1.